The van der Waals surface area contributed by atoms with Gasteiger partial charge in [0.25, 0.3) is 5.91 Å². The van der Waals surface area contributed by atoms with Crippen LogP contribution in [0.1, 0.15) is 51.0 Å². The van der Waals surface area contributed by atoms with Gasteiger partial charge in [-0.05, 0) is 62.8 Å². The zero-order chi connectivity index (χ0) is 16.6. The summed E-state index contributed by atoms with van der Waals surface area (Å²) in [6.07, 6.45) is 6.08. The maximum Gasteiger partial charge on any atom is 0.251 e. The van der Waals surface area contributed by atoms with Crippen molar-refractivity contribution >= 4 is 28.4 Å². The Hall–Kier alpha value is -1.52. The molecule has 1 aromatic carbocycles. The molecule has 1 aliphatic rings. The van der Waals surface area contributed by atoms with Crippen LogP contribution >= 0.6 is 11.6 Å². The number of amides is 1. The lowest BCUT2D eigenvalue weighted by Gasteiger charge is -2.31. The molecule has 1 saturated carbocycles. The predicted octanol–water partition coefficient (Wildman–Crippen LogP) is 3.73. The second-order valence-electron chi connectivity index (χ2n) is 7.03. The summed E-state index contributed by atoms with van der Waals surface area (Å²) in [5.74, 6) is 0.0909. The largest absolute Gasteiger partial charge is 0.381 e. The Morgan fingerprint density at radius 2 is 2.17 bits per heavy atom. The standard InChI is InChI=1S/C18H23ClN2O2/c1-18(2,23)17(22)21-13-5-3-4-11(8-13)15-10-20-16-7-6-12(19)9-14(15)16/h6-7,9-11,13,20,23H,3-5,8H2,1-2H3,(H,21,22)/t11-,13+/m1/s1. The third-order valence-corrected chi connectivity index (χ3v) is 4.92. The molecule has 2 aromatic rings. The first-order valence-corrected chi connectivity index (χ1v) is 8.52. The normalized spacial score (nSPS) is 22.3. The average Bonchev–Trinajstić information content (AvgIpc) is 2.89. The van der Waals surface area contributed by atoms with Crippen molar-refractivity contribution in [2.75, 3.05) is 0 Å². The maximum atomic E-state index is 12.0. The van der Waals surface area contributed by atoms with Gasteiger partial charge in [0, 0.05) is 28.2 Å². The Labute approximate surface area is 141 Å². The van der Waals surface area contributed by atoms with E-state index in [-0.39, 0.29) is 11.9 Å². The fourth-order valence-electron chi connectivity index (χ4n) is 3.42. The van der Waals surface area contributed by atoms with Crippen molar-refractivity contribution in [3.63, 3.8) is 0 Å². The number of aromatic amines is 1. The molecule has 1 heterocycles. The topological polar surface area (TPSA) is 65.1 Å². The van der Waals surface area contributed by atoms with Gasteiger partial charge in [-0.25, -0.2) is 0 Å². The third-order valence-electron chi connectivity index (χ3n) is 4.68. The van der Waals surface area contributed by atoms with Crippen LogP contribution in [0.3, 0.4) is 0 Å². The molecule has 4 nitrogen and oxygen atoms in total. The van der Waals surface area contributed by atoms with Crippen molar-refractivity contribution < 1.29 is 9.90 Å². The van der Waals surface area contributed by atoms with Crippen molar-refractivity contribution in [2.45, 2.75) is 57.1 Å². The van der Waals surface area contributed by atoms with Crippen molar-refractivity contribution in [3.8, 4) is 0 Å². The van der Waals surface area contributed by atoms with Crippen LogP contribution in [-0.4, -0.2) is 27.6 Å². The lowest BCUT2D eigenvalue weighted by molar-refractivity contribution is -0.137. The number of benzene rings is 1. The van der Waals surface area contributed by atoms with Crippen molar-refractivity contribution in [1.82, 2.24) is 10.3 Å². The summed E-state index contributed by atoms with van der Waals surface area (Å²) in [7, 11) is 0. The van der Waals surface area contributed by atoms with Crippen molar-refractivity contribution in [1.29, 1.82) is 0 Å². The van der Waals surface area contributed by atoms with Crippen LogP contribution in [0.25, 0.3) is 10.9 Å². The second-order valence-corrected chi connectivity index (χ2v) is 7.46. The van der Waals surface area contributed by atoms with Gasteiger partial charge in [-0.3, -0.25) is 4.79 Å². The highest BCUT2D eigenvalue weighted by Gasteiger charge is 2.30. The highest BCUT2D eigenvalue weighted by atomic mass is 35.5. The van der Waals surface area contributed by atoms with Gasteiger partial charge in [0.1, 0.15) is 5.60 Å². The molecule has 3 rings (SSSR count). The zero-order valence-corrected chi connectivity index (χ0v) is 14.3. The van der Waals surface area contributed by atoms with E-state index in [1.807, 2.05) is 18.2 Å². The van der Waals surface area contributed by atoms with E-state index in [9.17, 15) is 9.90 Å². The number of hydrogen-bond donors (Lipinski definition) is 3. The SMILES string of the molecule is CC(C)(O)C(=O)N[C@H]1CCC[C@@H](c2c[nH]c3ccc(Cl)cc23)C1. The number of carbonyl (C=O) groups is 1. The smallest absolute Gasteiger partial charge is 0.251 e. The lowest BCUT2D eigenvalue weighted by Crippen LogP contribution is -2.47. The van der Waals surface area contributed by atoms with Gasteiger partial charge in [-0.15, -0.1) is 0 Å². The van der Waals surface area contributed by atoms with Crippen LogP contribution in [0.4, 0.5) is 0 Å². The third kappa shape index (κ3) is 3.54. The quantitative estimate of drug-likeness (QED) is 0.800. The first-order valence-electron chi connectivity index (χ1n) is 8.14. The van der Waals surface area contributed by atoms with E-state index in [1.165, 1.54) is 19.4 Å². The minimum Gasteiger partial charge on any atom is -0.381 e. The number of H-pyrrole nitrogens is 1. The summed E-state index contributed by atoms with van der Waals surface area (Å²) in [5.41, 5.74) is 1.03. The van der Waals surface area contributed by atoms with Gasteiger partial charge in [0.2, 0.25) is 0 Å². The molecule has 1 amide bonds. The lowest BCUT2D eigenvalue weighted by atomic mass is 9.81. The maximum absolute atomic E-state index is 12.0. The number of rotatable bonds is 3. The minimum atomic E-state index is -1.33. The molecule has 0 spiro atoms. The highest BCUT2D eigenvalue weighted by molar-refractivity contribution is 6.31. The van der Waals surface area contributed by atoms with Crippen LogP contribution in [0.2, 0.25) is 5.02 Å². The first-order chi connectivity index (χ1) is 10.8. The van der Waals surface area contributed by atoms with Gasteiger partial charge in [0.15, 0.2) is 0 Å². The molecule has 1 aliphatic carbocycles. The Morgan fingerprint density at radius 1 is 1.39 bits per heavy atom. The summed E-state index contributed by atoms with van der Waals surface area (Å²) in [6.45, 7) is 3.04. The van der Waals surface area contributed by atoms with Gasteiger partial charge in [-0.1, -0.05) is 18.0 Å². The van der Waals surface area contributed by atoms with E-state index >= 15 is 0 Å². The molecule has 1 fully saturated rings. The van der Waals surface area contributed by atoms with E-state index in [1.54, 1.807) is 0 Å². The number of aromatic nitrogens is 1. The molecule has 0 saturated heterocycles. The second kappa shape index (κ2) is 6.17. The highest BCUT2D eigenvalue weighted by Crippen LogP contribution is 2.37. The fraction of sp³-hybridized carbons (Fsp3) is 0.500. The summed E-state index contributed by atoms with van der Waals surface area (Å²) < 4.78 is 0. The Morgan fingerprint density at radius 3 is 2.91 bits per heavy atom. The summed E-state index contributed by atoms with van der Waals surface area (Å²) in [4.78, 5) is 15.3. The van der Waals surface area contributed by atoms with E-state index < -0.39 is 5.60 Å². The molecule has 1 aromatic heterocycles. The number of hydrogen-bond acceptors (Lipinski definition) is 2. The number of carbonyl (C=O) groups excluding carboxylic acids is 1. The first kappa shape index (κ1) is 16.3. The van der Waals surface area contributed by atoms with E-state index in [0.29, 0.717) is 5.92 Å². The predicted molar refractivity (Wildman–Crippen MR) is 92.7 cm³/mol. The molecule has 0 unspecified atom stereocenters. The molecule has 23 heavy (non-hydrogen) atoms. The summed E-state index contributed by atoms with van der Waals surface area (Å²) >= 11 is 6.14. The van der Waals surface area contributed by atoms with Crippen LogP contribution in [0.5, 0.6) is 0 Å². The molecule has 124 valence electrons. The minimum absolute atomic E-state index is 0.108. The van der Waals surface area contributed by atoms with Gasteiger partial charge < -0.3 is 15.4 Å². The number of fused-ring (bicyclic) bond motifs is 1. The van der Waals surface area contributed by atoms with Crippen LogP contribution in [0.15, 0.2) is 24.4 Å². The van der Waals surface area contributed by atoms with Crippen LogP contribution < -0.4 is 5.32 Å². The molecule has 0 radical (unpaired) electrons. The molecule has 0 aliphatic heterocycles. The van der Waals surface area contributed by atoms with Gasteiger partial charge >= 0.3 is 0 Å². The Kier molecular flexibility index (Phi) is 4.39. The Balaban J connectivity index is 1.78. The monoisotopic (exact) mass is 334 g/mol. The average molecular weight is 335 g/mol. The zero-order valence-electron chi connectivity index (χ0n) is 13.5. The van der Waals surface area contributed by atoms with Gasteiger partial charge in [0.05, 0.1) is 0 Å². The molecular formula is C18H23ClN2O2. The van der Waals surface area contributed by atoms with Crippen LogP contribution in [-0.2, 0) is 4.79 Å². The van der Waals surface area contributed by atoms with Crippen molar-refractivity contribution in [2.24, 2.45) is 0 Å². The molecular weight excluding hydrogens is 312 g/mol. The Bertz CT molecular complexity index is 717. The summed E-state index contributed by atoms with van der Waals surface area (Å²) in [6, 6.07) is 5.99. The molecule has 2 atom stereocenters. The molecule has 5 heteroatoms. The summed E-state index contributed by atoms with van der Waals surface area (Å²) in [5, 5.41) is 14.7. The number of aliphatic hydroxyl groups is 1. The number of halogens is 1. The van der Waals surface area contributed by atoms with E-state index in [4.69, 9.17) is 11.6 Å². The fourth-order valence-corrected chi connectivity index (χ4v) is 3.59. The molecule has 0 bridgehead atoms. The molecule has 3 N–H and O–H groups in total. The van der Waals surface area contributed by atoms with Gasteiger partial charge in [-0.2, -0.15) is 0 Å². The van der Waals surface area contributed by atoms with E-state index in [2.05, 4.69) is 16.5 Å². The number of nitrogens with one attached hydrogen (secondary N) is 2. The van der Waals surface area contributed by atoms with E-state index in [0.717, 1.165) is 41.6 Å². The van der Waals surface area contributed by atoms with Crippen LogP contribution in [0, 0.1) is 0 Å². The van der Waals surface area contributed by atoms with Crippen molar-refractivity contribution in [3.05, 3.63) is 35.0 Å².